The highest BCUT2D eigenvalue weighted by Crippen LogP contribution is 2.36. The van der Waals surface area contributed by atoms with Gasteiger partial charge in [0.25, 0.3) is 0 Å². The van der Waals surface area contributed by atoms with E-state index in [0.717, 1.165) is 37.2 Å². The summed E-state index contributed by atoms with van der Waals surface area (Å²) in [7, 11) is 0. The van der Waals surface area contributed by atoms with Crippen LogP contribution in [0.4, 0.5) is 0 Å². The third-order valence-electron chi connectivity index (χ3n) is 3.83. The Morgan fingerprint density at radius 1 is 1.65 bits per heavy atom. The van der Waals surface area contributed by atoms with Gasteiger partial charge >= 0.3 is 0 Å². The molecular formula is C13H26N2OS. The van der Waals surface area contributed by atoms with Crippen molar-refractivity contribution in [2.45, 2.75) is 58.5 Å². The van der Waals surface area contributed by atoms with E-state index >= 15 is 0 Å². The number of rotatable bonds is 6. The zero-order valence-electron chi connectivity index (χ0n) is 11.3. The van der Waals surface area contributed by atoms with Gasteiger partial charge in [0.1, 0.15) is 0 Å². The van der Waals surface area contributed by atoms with Crippen molar-refractivity contribution in [2.24, 2.45) is 11.1 Å². The number of carbonyl (C=O) groups is 1. The molecule has 3 atom stereocenters. The molecule has 0 spiro atoms. The van der Waals surface area contributed by atoms with Crippen LogP contribution in [0.1, 0.15) is 46.5 Å². The minimum Gasteiger partial charge on any atom is -0.353 e. The predicted octanol–water partition coefficient (Wildman–Crippen LogP) is 2.15. The number of hydrogen-bond acceptors (Lipinski definition) is 3. The van der Waals surface area contributed by atoms with Gasteiger partial charge in [-0.3, -0.25) is 4.79 Å². The van der Waals surface area contributed by atoms with Crippen molar-refractivity contribution in [1.29, 1.82) is 0 Å². The van der Waals surface area contributed by atoms with E-state index < -0.39 is 0 Å². The first-order chi connectivity index (χ1) is 8.00. The van der Waals surface area contributed by atoms with Crippen LogP contribution in [0.5, 0.6) is 0 Å². The molecule has 0 aromatic rings. The van der Waals surface area contributed by atoms with Gasteiger partial charge in [0.15, 0.2) is 0 Å². The summed E-state index contributed by atoms with van der Waals surface area (Å²) in [4.78, 5) is 12.2. The van der Waals surface area contributed by atoms with Crippen LogP contribution in [0.15, 0.2) is 0 Å². The lowest BCUT2D eigenvalue weighted by atomic mass is 9.84. The van der Waals surface area contributed by atoms with Crippen LogP contribution in [0.25, 0.3) is 0 Å². The molecule has 1 saturated carbocycles. The first kappa shape index (κ1) is 14.8. The number of amides is 1. The molecule has 0 saturated heterocycles. The summed E-state index contributed by atoms with van der Waals surface area (Å²) < 4.78 is 0. The van der Waals surface area contributed by atoms with Crippen LogP contribution in [0, 0.1) is 5.41 Å². The van der Waals surface area contributed by atoms with E-state index in [0.29, 0.717) is 0 Å². The van der Waals surface area contributed by atoms with E-state index in [4.69, 9.17) is 5.73 Å². The Hall–Kier alpha value is -0.220. The zero-order valence-corrected chi connectivity index (χ0v) is 12.1. The van der Waals surface area contributed by atoms with Gasteiger partial charge < -0.3 is 11.1 Å². The highest BCUT2D eigenvalue weighted by atomic mass is 32.2. The van der Waals surface area contributed by atoms with Gasteiger partial charge in [-0.2, -0.15) is 11.8 Å². The molecule has 1 aliphatic rings. The molecule has 1 fully saturated rings. The van der Waals surface area contributed by atoms with Crippen molar-refractivity contribution in [2.75, 3.05) is 11.5 Å². The molecule has 1 rings (SSSR count). The minimum absolute atomic E-state index is 0.0275. The topological polar surface area (TPSA) is 55.1 Å². The van der Waals surface area contributed by atoms with E-state index in [2.05, 4.69) is 19.2 Å². The van der Waals surface area contributed by atoms with Crippen LogP contribution >= 0.6 is 11.8 Å². The Morgan fingerprint density at radius 3 is 2.88 bits per heavy atom. The maximum Gasteiger partial charge on any atom is 0.227 e. The molecule has 17 heavy (non-hydrogen) atoms. The molecule has 0 aromatic heterocycles. The minimum atomic E-state index is -0.341. The van der Waals surface area contributed by atoms with Crippen molar-refractivity contribution < 1.29 is 4.79 Å². The fourth-order valence-corrected chi connectivity index (χ4v) is 3.15. The van der Waals surface area contributed by atoms with Gasteiger partial charge in [-0.15, -0.1) is 0 Å². The molecule has 100 valence electrons. The summed E-state index contributed by atoms with van der Waals surface area (Å²) >= 11 is 1.92. The Morgan fingerprint density at radius 2 is 2.35 bits per heavy atom. The van der Waals surface area contributed by atoms with E-state index in [-0.39, 0.29) is 23.4 Å². The normalized spacial score (nSPS) is 30.2. The molecular weight excluding hydrogens is 232 g/mol. The van der Waals surface area contributed by atoms with Crippen molar-refractivity contribution in [3.05, 3.63) is 0 Å². The Balaban J connectivity index is 2.37. The monoisotopic (exact) mass is 258 g/mol. The molecule has 4 heteroatoms. The zero-order chi connectivity index (χ0) is 12.9. The summed E-state index contributed by atoms with van der Waals surface area (Å²) in [5, 5.41) is 3.12. The molecule has 3 N–H and O–H groups in total. The molecule has 1 aliphatic carbocycles. The first-order valence-corrected chi connectivity index (χ1v) is 7.80. The van der Waals surface area contributed by atoms with E-state index in [1.54, 1.807) is 0 Å². The predicted molar refractivity (Wildman–Crippen MR) is 75.2 cm³/mol. The second kappa shape index (κ2) is 6.64. The average molecular weight is 258 g/mol. The maximum absolute atomic E-state index is 12.2. The number of nitrogens with two attached hydrogens (primary N) is 1. The van der Waals surface area contributed by atoms with Crippen molar-refractivity contribution in [3.8, 4) is 0 Å². The highest BCUT2D eigenvalue weighted by molar-refractivity contribution is 7.99. The smallest absolute Gasteiger partial charge is 0.227 e. The lowest BCUT2D eigenvalue weighted by Gasteiger charge is -2.29. The molecule has 0 bridgehead atoms. The van der Waals surface area contributed by atoms with Gasteiger partial charge in [-0.1, -0.05) is 13.3 Å². The fraction of sp³-hybridized carbons (Fsp3) is 0.923. The van der Waals surface area contributed by atoms with Gasteiger partial charge in [0.2, 0.25) is 5.91 Å². The Bertz CT molecular complexity index is 260. The van der Waals surface area contributed by atoms with Crippen molar-refractivity contribution in [1.82, 2.24) is 5.32 Å². The molecule has 1 amide bonds. The third kappa shape index (κ3) is 3.88. The highest BCUT2D eigenvalue weighted by Gasteiger charge is 2.43. The molecule has 0 aliphatic heterocycles. The van der Waals surface area contributed by atoms with E-state index in [1.165, 1.54) is 0 Å². The summed E-state index contributed by atoms with van der Waals surface area (Å²) in [6, 6.07) is 0.283. The summed E-state index contributed by atoms with van der Waals surface area (Å²) in [6.07, 6.45) is 4.02. The molecule has 0 radical (unpaired) electrons. The maximum atomic E-state index is 12.2. The lowest BCUT2D eigenvalue weighted by Crippen LogP contribution is -2.49. The van der Waals surface area contributed by atoms with Crippen LogP contribution < -0.4 is 11.1 Å². The van der Waals surface area contributed by atoms with Gasteiger partial charge in [0, 0.05) is 12.1 Å². The lowest BCUT2D eigenvalue weighted by molar-refractivity contribution is -0.131. The Kier molecular flexibility index (Phi) is 5.80. The van der Waals surface area contributed by atoms with Crippen molar-refractivity contribution in [3.63, 3.8) is 0 Å². The van der Waals surface area contributed by atoms with Crippen LogP contribution in [-0.2, 0) is 4.79 Å². The number of carbonyl (C=O) groups excluding carboxylic acids is 1. The second-order valence-corrected chi connectivity index (χ2v) is 6.67. The molecule has 3 nitrogen and oxygen atoms in total. The number of thioether (sulfide) groups is 1. The van der Waals surface area contributed by atoms with E-state index in [9.17, 15) is 4.79 Å². The molecule has 0 heterocycles. The van der Waals surface area contributed by atoms with Gasteiger partial charge in [0.05, 0.1) is 5.41 Å². The average Bonchev–Trinajstić information content (AvgIpc) is 2.61. The number of hydrogen-bond donors (Lipinski definition) is 2. The standard InChI is InChI=1S/C13H26N2OS/c1-4-17-9-7-10(2)15-12(16)13(3)8-5-6-11(13)14/h10-11H,4-9,14H2,1-3H3,(H,15,16). The number of nitrogens with one attached hydrogen (secondary N) is 1. The summed E-state index contributed by atoms with van der Waals surface area (Å²) in [6.45, 7) is 6.25. The first-order valence-electron chi connectivity index (χ1n) is 6.65. The SMILES string of the molecule is CCSCCC(C)NC(=O)C1(C)CCCC1N. The Labute approximate surface area is 109 Å². The van der Waals surface area contributed by atoms with Crippen LogP contribution in [-0.4, -0.2) is 29.5 Å². The molecule has 0 aromatic carbocycles. The largest absolute Gasteiger partial charge is 0.353 e. The quantitative estimate of drug-likeness (QED) is 0.718. The second-order valence-electron chi connectivity index (χ2n) is 5.28. The third-order valence-corrected chi connectivity index (χ3v) is 4.76. The van der Waals surface area contributed by atoms with Crippen LogP contribution in [0.3, 0.4) is 0 Å². The van der Waals surface area contributed by atoms with Crippen molar-refractivity contribution >= 4 is 17.7 Å². The van der Waals surface area contributed by atoms with Gasteiger partial charge in [-0.25, -0.2) is 0 Å². The summed E-state index contributed by atoms with van der Waals surface area (Å²) in [5.74, 6) is 2.40. The van der Waals surface area contributed by atoms with Gasteiger partial charge in [-0.05, 0) is 44.6 Å². The fourth-order valence-electron chi connectivity index (χ4n) is 2.34. The van der Waals surface area contributed by atoms with Crippen LogP contribution in [0.2, 0.25) is 0 Å². The molecule has 3 unspecified atom stereocenters. The summed E-state index contributed by atoms with van der Waals surface area (Å²) in [5.41, 5.74) is 5.71. The van der Waals surface area contributed by atoms with E-state index in [1.807, 2.05) is 18.7 Å².